The Bertz CT molecular complexity index is 595. The van der Waals surface area contributed by atoms with E-state index in [2.05, 4.69) is 82.7 Å². The Morgan fingerprint density at radius 1 is 1.11 bits per heavy atom. The van der Waals surface area contributed by atoms with Gasteiger partial charge in [-0.25, -0.2) is 0 Å². The van der Waals surface area contributed by atoms with Crippen molar-refractivity contribution in [2.75, 3.05) is 7.11 Å². The third-order valence-electron chi connectivity index (χ3n) is 3.15. The van der Waals surface area contributed by atoms with Crippen LogP contribution in [0.25, 0.3) is 0 Å². The molecule has 0 heterocycles. The largest absolute Gasteiger partial charge is 0.496 e. The molecular formula is C16H16BrIO. The highest BCUT2D eigenvalue weighted by Crippen LogP contribution is 2.39. The quantitative estimate of drug-likeness (QED) is 0.467. The minimum absolute atomic E-state index is 0.147. The first-order valence-corrected chi connectivity index (χ1v) is 8.07. The summed E-state index contributed by atoms with van der Waals surface area (Å²) in [5.41, 5.74) is 4.99. The molecule has 0 fully saturated rings. The van der Waals surface area contributed by atoms with Gasteiger partial charge in [0.05, 0.1) is 11.9 Å². The fraction of sp³-hybridized carbons (Fsp3) is 0.250. The molecule has 0 N–H and O–H groups in total. The first kappa shape index (κ1) is 14.9. The normalized spacial score (nSPS) is 12.3. The minimum Gasteiger partial charge on any atom is -0.496 e. The number of ether oxygens (including phenoxy) is 1. The molecule has 0 aromatic heterocycles. The molecule has 3 heteroatoms. The molecule has 1 nitrogen and oxygen atoms in total. The van der Waals surface area contributed by atoms with E-state index in [0.29, 0.717) is 0 Å². The Hall–Kier alpha value is -0.550. The molecule has 0 amide bonds. The van der Waals surface area contributed by atoms with Crippen molar-refractivity contribution in [2.45, 2.75) is 18.7 Å². The fourth-order valence-electron chi connectivity index (χ4n) is 2.09. The zero-order valence-electron chi connectivity index (χ0n) is 11.2. The minimum atomic E-state index is 0.147. The van der Waals surface area contributed by atoms with Crippen molar-refractivity contribution in [3.05, 3.63) is 62.2 Å². The summed E-state index contributed by atoms with van der Waals surface area (Å²) in [6, 6.07) is 12.7. The van der Waals surface area contributed by atoms with Gasteiger partial charge in [0.1, 0.15) is 5.75 Å². The van der Waals surface area contributed by atoms with E-state index in [-0.39, 0.29) is 4.83 Å². The molecule has 1 unspecified atom stereocenters. The number of benzene rings is 2. The van der Waals surface area contributed by atoms with Crippen molar-refractivity contribution in [1.82, 2.24) is 0 Å². The monoisotopic (exact) mass is 430 g/mol. The van der Waals surface area contributed by atoms with Crippen molar-refractivity contribution in [1.29, 1.82) is 0 Å². The second-order valence-electron chi connectivity index (χ2n) is 4.59. The lowest BCUT2D eigenvalue weighted by molar-refractivity contribution is 0.410. The van der Waals surface area contributed by atoms with E-state index in [4.69, 9.17) is 4.74 Å². The summed E-state index contributed by atoms with van der Waals surface area (Å²) in [5.74, 6) is 0.921. The Morgan fingerprint density at radius 2 is 1.84 bits per heavy atom. The van der Waals surface area contributed by atoms with Crippen molar-refractivity contribution < 1.29 is 4.74 Å². The highest BCUT2D eigenvalue weighted by atomic mass is 127. The van der Waals surface area contributed by atoms with Crippen LogP contribution in [0.3, 0.4) is 0 Å². The second-order valence-corrected chi connectivity index (χ2v) is 6.58. The van der Waals surface area contributed by atoms with Gasteiger partial charge in [0.25, 0.3) is 0 Å². The molecule has 2 rings (SSSR count). The zero-order chi connectivity index (χ0) is 14.0. The predicted molar refractivity (Wildman–Crippen MR) is 92.4 cm³/mol. The van der Waals surface area contributed by atoms with Gasteiger partial charge in [0.2, 0.25) is 0 Å². The van der Waals surface area contributed by atoms with E-state index in [9.17, 15) is 0 Å². The van der Waals surface area contributed by atoms with Gasteiger partial charge in [0, 0.05) is 9.13 Å². The molecule has 0 aliphatic heterocycles. The summed E-state index contributed by atoms with van der Waals surface area (Å²) in [4.78, 5) is 0.147. The summed E-state index contributed by atoms with van der Waals surface area (Å²) in [7, 11) is 1.72. The molecule has 2 aromatic carbocycles. The molecule has 0 bridgehead atoms. The number of methoxy groups -OCH3 is 1. The summed E-state index contributed by atoms with van der Waals surface area (Å²) >= 11 is 6.23. The fourth-order valence-corrected chi connectivity index (χ4v) is 3.92. The predicted octanol–water partition coefficient (Wildman–Crippen LogP) is 5.40. The van der Waals surface area contributed by atoms with Crippen LogP contribution in [-0.4, -0.2) is 7.11 Å². The van der Waals surface area contributed by atoms with Crippen molar-refractivity contribution >= 4 is 38.5 Å². The molecule has 0 aliphatic carbocycles. The molecule has 0 saturated carbocycles. The van der Waals surface area contributed by atoms with E-state index < -0.39 is 0 Å². The van der Waals surface area contributed by atoms with Crippen LogP contribution in [0.5, 0.6) is 5.75 Å². The van der Waals surface area contributed by atoms with Crippen LogP contribution in [0.4, 0.5) is 0 Å². The number of halogens is 2. The number of aryl methyl sites for hydroxylation is 2. The molecule has 0 aliphatic rings. The highest BCUT2D eigenvalue weighted by molar-refractivity contribution is 14.1. The maximum Gasteiger partial charge on any atom is 0.123 e. The van der Waals surface area contributed by atoms with Gasteiger partial charge in [-0.2, -0.15) is 0 Å². The van der Waals surface area contributed by atoms with Crippen molar-refractivity contribution in [3.8, 4) is 5.75 Å². The summed E-state index contributed by atoms with van der Waals surface area (Å²) in [6.45, 7) is 4.24. The molecule has 1 atom stereocenters. The van der Waals surface area contributed by atoms with Crippen LogP contribution in [0, 0.1) is 17.4 Å². The zero-order valence-corrected chi connectivity index (χ0v) is 14.9. The number of rotatable bonds is 3. The Balaban J connectivity index is 2.52. The van der Waals surface area contributed by atoms with Crippen LogP contribution >= 0.6 is 38.5 Å². The van der Waals surface area contributed by atoms with Gasteiger partial charge in [-0.15, -0.1) is 0 Å². The maximum absolute atomic E-state index is 5.48. The SMILES string of the molecule is COc1ccc(C)cc1C(Br)c1cccc(C)c1I. The molecular weight excluding hydrogens is 415 g/mol. The molecule has 0 saturated heterocycles. The standard InChI is InChI=1S/C16H16BrIO/c1-10-7-8-14(19-3)13(9-10)15(17)12-6-4-5-11(2)16(12)18/h4-9,15H,1-3H3. The molecule has 100 valence electrons. The number of hydrogen-bond acceptors (Lipinski definition) is 1. The Kier molecular flexibility index (Phi) is 4.90. The van der Waals surface area contributed by atoms with Gasteiger partial charge in [-0.1, -0.05) is 51.8 Å². The highest BCUT2D eigenvalue weighted by Gasteiger charge is 2.18. The third-order valence-corrected chi connectivity index (χ3v) is 5.61. The third kappa shape index (κ3) is 3.14. The molecule has 0 radical (unpaired) electrons. The van der Waals surface area contributed by atoms with Gasteiger partial charge < -0.3 is 4.74 Å². The van der Waals surface area contributed by atoms with E-state index in [1.54, 1.807) is 7.11 Å². The number of alkyl halides is 1. The molecule has 0 spiro atoms. The van der Waals surface area contributed by atoms with Gasteiger partial charge in [-0.3, -0.25) is 0 Å². The second kappa shape index (κ2) is 6.27. The van der Waals surface area contributed by atoms with E-state index in [1.807, 2.05) is 6.07 Å². The lowest BCUT2D eigenvalue weighted by atomic mass is 10.0. The average Bonchev–Trinajstić information content (AvgIpc) is 2.41. The van der Waals surface area contributed by atoms with Gasteiger partial charge >= 0.3 is 0 Å². The van der Waals surface area contributed by atoms with Crippen LogP contribution in [0.15, 0.2) is 36.4 Å². The van der Waals surface area contributed by atoms with Gasteiger partial charge in [-0.05, 0) is 53.6 Å². The Morgan fingerprint density at radius 3 is 2.53 bits per heavy atom. The topological polar surface area (TPSA) is 9.23 Å². The van der Waals surface area contributed by atoms with Crippen molar-refractivity contribution in [3.63, 3.8) is 0 Å². The smallest absolute Gasteiger partial charge is 0.123 e. The first-order chi connectivity index (χ1) is 9.04. The van der Waals surface area contributed by atoms with Crippen LogP contribution in [-0.2, 0) is 0 Å². The molecule has 19 heavy (non-hydrogen) atoms. The summed E-state index contributed by atoms with van der Waals surface area (Å²) in [6.07, 6.45) is 0. The summed E-state index contributed by atoms with van der Waals surface area (Å²) in [5, 5.41) is 0. The van der Waals surface area contributed by atoms with Crippen molar-refractivity contribution in [2.24, 2.45) is 0 Å². The first-order valence-electron chi connectivity index (χ1n) is 6.08. The number of hydrogen-bond donors (Lipinski definition) is 0. The lowest BCUT2D eigenvalue weighted by Crippen LogP contribution is -2.00. The lowest BCUT2D eigenvalue weighted by Gasteiger charge is -2.17. The Labute approximate surface area is 136 Å². The van der Waals surface area contributed by atoms with Crippen LogP contribution < -0.4 is 4.74 Å². The maximum atomic E-state index is 5.48. The van der Waals surface area contributed by atoms with E-state index >= 15 is 0 Å². The van der Waals surface area contributed by atoms with Gasteiger partial charge in [0.15, 0.2) is 0 Å². The van der Waals surface area contributed by atoms with E-state index in [0.717, 1.165) is 5.75 Å². The molecule has 2 aromatic rings. The van der Waals surface area contributed by atoms with Crippen LogP contribution in [0.2, 0.25) is 0 Å². The van der Waals surface area contributed by atoms with Crippen LogP contribution in [0.1, 0.15) is 27.1 Å². The average molecular weight is 431 g/mol. The summed E-state index contributed by atoms with van der Waals surface area (Å²) < 4.78 is 6.78. The van der Waals surface area contributed by atoms with E-state index in [1.165, 1.54) is 25.8 Å².